The molecule has 0 spiro atoms. The molecule has 1 aliphatic heterocycles. The molecule has 1 aromatic heterocycles. The standard InChI is InChI=1S/C26H23FN2O5S/c1-5-15-7-10-16(11-8-15)20-19(21(30)17-9-6-13(2)18(27)12-17)22(31)24(32)29(20)26-28-14(3)23(35-26)25(33)34-4/h6-12,20,30H,5H2,1-4H3/b21-19+. The average Bonchev–Trinajstić information content (AvgIpc) is 3.36. The monoisotopic (exact) mass is 494 g/mol. The molecule has 3 aromatic rings. The van der Waals surface area contributed by atoms with E-state index in [1.54, 1.807) is 26.0 Å². The number of ketones is 1. The predicted octanol–water partition coefficient (Wildman–Crippen LogP) is 4.87. The Hall–Kier alpha value is -3.85. The molecule has 9 heteroatoms. The van der Waals surface area contributed by atoms with Crippen molar-refractivity contribution in [1.29, 1.82) is 0 Å². The number of aryl methyl sites for hydroxylation is 3. The van der Waals surface area contributed by atoms with Crippen LogP contribution in [-0.4, -0.2) is 34.9 Å². The number of hydrogen-bond acceptors (Lipinski definition) is 7. The van der Waals surface area contributed by atoms with Crippen LogP contribution in [0.15, 0.2) is 48.0 Å². The number of aliphatic hydroxyl groups excluding tert-OH is 1. The minimum Gasteiger partial charge on any atom is -0.507 e. The van der Waals surface area contributed by atoms with Crippen molar-refractivity contribution in [1.82, 2.24) is 4.98 Å². The number of halogens is 1. The maximum absolute atomic E-state index is 14.3. The van der Waals surface area contributed by atoms with Crippen LogP contribution in [0.4, 0.5) is 9.52 Å². The maximum Gasteiger partial charge on any atom is 0.350 e. The number of benzene rings is 2. The second-order valence-corrected chi connectivity index (χ2v) is 9.11. The van der Waals surface area contributed by atoms with Gasteiger partial charge in [0.15, 0.2) is 5.13 Å². The Morgan fingerprint density at radius 2 is 1.86 bits per heavy atom. The molecule has 0 radical (unpaired) electrons. The third-order valence-corrected chi connectivity index (χ3v) is 7.09. The van der Waals surface area contributed by atoms with Gasteiger partial charge in [0, 0.05) is 5.56 Å². The summed E-state index contributed by atoms with van der Waals surface area (Å²) in [6.45, 7) is 5.18. The first-order chi connectivity index (χ1) is 16.7. The highest BCUT2D eigenvalue weighted by Gasteiger charge is 2.48. The van der Waals surface area contributed by atoms with Gasteiger partial charge in [-0.3, -0.25) is 14.5 Å². The summed E-state index contributed by atoms with van der Waals surface area (Å²) in [6.07, 6.45) is 0.789. The molecule has 180 valence electrons. The number of amides is 1. The number of methoxy groups -OCH3 is 1. The van der Waals surface area contributed by atoms with E-state index in [-0.39, 0.29) is 21.1 Å². The Morgan fingerprint density at radius 1 is 1.17 bits per heavy atom. The van der Waals surface area contributed by atoms with E-state index in [4.69, 9.17) is 4.74 Å². The second kappa shape index (κ2) is 9.42. The van der Waals surface area contributed by atoms with Crippen LogP contribution in [0, 0.1) is 19.7 Å². The van der Waals surface area contributed by atoms with Crippen molar-refractivity contribution in [3.05, 3.63) is 86.7 Å². The number of thiazole rings is 1. The van der Waals surface area contributed by atoms with Gasteiger partial charge in [0.1, 0.15) is 16.5 Å². The summed E-state index contributed by atoms with van der Waals surface area (Å²) in [7, 11) is 1.24. The average molecular weight is 495 g/mol. The Morgan fingerprint density at radius 3 is 2.46 bits per heavy atom. The lowest BCUT2D eigenvalue weighted by Gasteiger charge is -2.23. The zero-order chi connectivity index (χ0) is 25.4. The van der Waals surface area contributed by atoms with Crippen molar-refractivity contribution in [3.63, 3.8) is 0 Å². The fourth-order valence-corrected chi connectivity index (χ4v) is 4.96. The molecule has 1 atom stereocenters. The molecule has 1 amide bonds. The van der Waals surface area contributed by atoms with Crippen molar-refractivity contribution in [2.45, 2.75) is 33.2 Å². The van der Waals surface area contributed by atoms with Gasteiger partial charge in [-0.25, -0.2) is 14.2 Å². The van der Waals surface area contributed by atoms with Gasteiger partial charge < -0.3 is 9.84 Å². The van der Waals surface area contributed by atoms with Crippen LogP contribution in [0.5, 0.6) is 0 Å². The zero-order valence-corrected chi connectivity index (χ0v) is 20.4. The Labute approximate surface area is 205 Å². The summed E-state index contributed by atoms with van der Waals surface area (Å²) in [5.41, 5.74) is 2.22. The topological polar surface area (TPSA) is 96.8 Å². The number of hydrogen-bond donors (Lipinski definition) is 1. The van der Waals surface area contributed by atoms with Gasteiger partial charge >= 0.3 is 11.9 Å². The number of carbonyl (C=O) groups excluding carboxylic acids is 3. The molecule has 1 N–H and O–H groups in total. The number of anilines is 1. The van der Waals surface area contributed by atoms with E-state index in [1.807, 2.05) is 19.1 Å². The number of Topliss-reactive ketones (excluding diaryl/α,β-unsaturated/α-hetero) is 1. The van der Waals surface area contributed by atoms with Crippen molar-refractivity contribution in [2.24, 2.45) is 0 Å². The lowest BCUT2D eigenvalue weighted by Crippen LogP contribution is -2.29. The number of esters is 1. The summed E-state index contributed by atoms with van der Waals surface area (Å²) in [5, 5.41) is 11.2. The van der Waals surface area contributed by atoms with Crippen LogP contribution in [0.25, 0.3) is 5.76 Å². The van der Waals surface area contributed by atoms with E-state index in [0.29, 0.717) is 16.8 Å². The summed E-state index contributed by atoms with van der Waals surface area (Å²) in [4.78, 5) is 44.3. The molecular formula is C26H23FN2O5S. The molecule has 2 aromatic carbocycles. The highest BCUT2D eigenvalue weighted by Crippen LogP contribution is 2.44. The fraction of sp³-hybridized carbons (Fsp3) is 0.231. The first-order valence-electron chi connectivity index (χ1n) is 10.9. The van der Waals surface area contributed by atoms with Crippen LogP contribution >= 0.6 is 11.3 Å². The van der Waals surface area contributed by atoms with Gasteiger partial charge in [0.25, 0.3) is 5.78 Å². The molecule has 0 aliphatic carbocycles. The van der Waals surface area contributed by atoms with Crippen molar-refractivity contribution < 1.29 is 28.6 Å². The normalized spacial score (nSPS) is 17.2. The van der Waals surface area contributed by atoms with Gasteiger partial charge in [0.2, 0.25) is 0 Å². The molecule has 0 bridgehead atoms. The second-order valence-electron chi connectivity index (χ2n) is 8.13. The summed E-state index contributed by atoms with van der Waals surface area (Å²) >= 11 is 0.918. The molecule has 1 aliphatic rings. The minimum absolute atomic E-state index is 0.0758. The van der Waals surface area contributed by atoms with Gasteiger partial charge in [-0.1, -0.05) is 54.7 Å². The van der Waals surface area contributed by atoms with Crippen LogP contribution in [0.3, 0.4) is 0 Å². The third kappa shape index (κ3) is 4.23. The summed E-state index contributed by atoms with van der Waals surface area (Å²) < 4.78 is 19.0. The van der Waals surface area contributed by atoms with E-state index < -0.39 is 35.3 Å². The Kier molecular flexibility index (Phi) is 6.53. The number of rotatable bonds is 5. The van der Waals surface area contributed by atoms with Crippen molar-refractivity contribution >= 4 is 39.9 Å². The Bertz CT molecular complexity index is 1380. The SMILES string of the molecule is CCc1ccc(C2/C(=C(\O)c3ccc(C)c(F)c3)C(=O)C(=O)N2c2nc(C)c(C(=O)OC)s2)cc1. The quantitative estimate of drug-likeness (QED) is 0.235. The lowest BCUT2D eigenvalue weighted by molar-refractivity contribution is -0.132. The van der Waals surface area contributed by atoms with Gasteiger partial charge in [-0.15, -0.1) is 0 Å². The van der Waals surface area contributed by atoms with Gasteiger partial charge in [0.05, 0.1) is 24.4 Å². The minimum atomic E-state index is -1.03. The van der Waals surface area contributed by atoms with Crippen molar-refractivity contribution in [2.75, 3.05) is 12.0 Å². The summed E-state index contributed by atoms with van der Waals surface area (Å²) in [6, 6.07) is 10.3. The first kappa shape index (κ1) is 24.3. The summed E-state index contributed by atoms with van der Waals surface area (Å²) in [5.74, 6) is -3.49. The van der Waals surface area contributed by atoms with E-state index in [9.17, 15) is 23.9 Å². The molecular weight excluding hydrogens is 471 g/mol. The molecule has 1 saturated heterocycles. The lowest BCUT2D eigenvalue weighted by atomic mass is 9.94. The largest absolute Gasteiger partial charge is 0.507 e. The van der Waals surface area contributed by atoms with Crippen LogP contribution in [0.1, 0.15) is 50.6 Å². The van der Waals surface area contributed by atoms with Crippen LogP contribution in [-0.2, 0) is 20.7 Å². The van der Waals surface area contributed by atoms with E-state index >= 15 is 0 Å². The van der Waals surface area contributed by atoms with E-state index in [2.05, 4.69) is 4.98 Å². The number of aliphatic hydroxyl groups is 1. The molecule has 0 saturated carbocycles. The molecule has 4 rings (SSSR count). The first-order valence-corrected chi connectivity index (χ1v) is 11.7. The van der Waals surface area contributed by atoms with E-state index in [0.717, 1.165) is 29.4 Å². The smallest absolute Gasteiger partial charge is 0.350 e. The number of ether oxygens (including phenoxy) is 1. The molecule has 1 unspecified atom stereocenters. The molecule has 2 heterocycles. The highest BCUT2D eigenvalue weighted by atomic mass is 32.1. The zero-order valence-electron chi connectivity index (χ0n) is 19.6. The third-order valence-electron chi connectivity index (χ3n) is 5.96. The highest BCUT2D eigenvalue weighted by molar-refractivity contribution is 7.17. The van der Waals surface area contributed by atoms with Gasteiger partial charge in [-0.05, 0) is 43.0 Å². The maximum atomic E-state index is 14.3. The number of nitrogens with zero attached hydrogens (tertiary/aromatic N) is 2. The number of aromatic nitrogens is 1. The molecule has 35 heavy (non-hydrogen) atoms. The predicted molar refractivity (Wildman–Crippen MR) is 130 cm³/mol. The number of carbonyl (C=O) groups is 3. The van der Waals surface area contributed by atoms with Crippen molar-refractivity contribution in [3.8, 4) is 0 Å². The van der Waals surface area contributed by atoms with Gasteiger partial charge in [-0.2, -0.15) is 0 Å². The van der Waals surface area contributed by atoms with Crippen LogP contribution < -0.4 is 4.90 Å². The Balaban J connectivity index is 1.94. The van der Waals surface area contributed by atoms with Crippen LogP contribution in [0.2, 0.25) is 0 Å². The molecule has 7 nitrogen and oxygen atoms in total. The fourth-order valence-electron chi connectivity index (χ4n) is 3.94. The molecule has 1 fully saturated rings. The van der Waals surface area contributed by atoms with E-state index in [1.165, 1.54) is 24.1 Å².